The molecule has 0 bridgehead atoms. The quantitative estimate of drug-likeness (QED) is 0.407. The summed E-state index contributed by atoms with van der Waals surface area (Å²) in [5, 5.41) is 0. The molecule has 12 heteroatoms. The van der Waals surface area contributed by atoms with Gasteiger partial charge in [-0.2, -0.15) is 0 Å². The number of pyridine rings is 1. The first-order valence-corrected chi connectivity index (χ1v) is 11.9. The number of nitrogens with zero attached hydrogens (tertiary/aromatic N) is 6. The van der Waals surface area contributed by atoms with Crippen LogP contribution in [0.3, 0.4) is 0 Å². The molecule has 37 heavy (non-hydrogen) atoms. The smallest absolute Gasteiger partial charge is 0.326 e. The molecule has 4 heterocycles. The Morgan fingerprint density at radius 1 is 1.14 bits per heavy atom. The van der Waals surface area contributed by atoms with Gasteiger partial charge in [0.2, 0.25) is 11.8 Å². The minimum absolute atomic E-state index is 0.000157. The lowest BCUT2D eigenvalue weighted by Gasteiger charge is -2.35. The van der Waals surface area contributed by atoms with E-state index in [4.69, 9.17) is 18.9 Å². The maximum atomic E-state index is 13.5. The highest BCUT2D eigenvalue weighted by Gasteiger charge is 2.45. The molecule has 4 rings (SSSR count). The van der Waals surface area contributed by atoms with E-state index in [1.54, 1.807) is 47.5 Å². The van der Waals surface area contributed by atoms with Gasteiger partial charge in [0.25, 0.3) is 0 Å². The molecule has 0 saturated carbocycles. The molecule has 2 saturated heterocycles. The number of hydrogen-bond acceptors (Lipinski definition) is 10. The first kappa shape index (κ1) is 26.0. The van der Waals surface area contributed by atoms with Crippen molar-refractivity contribution >= 4 is 11.8 Å². The van der Waals surface area contributed by atoms with Crippen LogP contribution >= 0.6 is 0 Å². The third kappa shape index (κ3) is 6.39. The van der Waals surface area contributed by atoms with Crippen LogP contribution in [-0.2, 0) is 14.3 Å². The van der Waals surface area contributed by atoms with Gasteiger partial charge in [-0.3, -0.25) is 14.6 Å². The van der Waals surface area contributed by atoms with E-state index in [9.17, 15) is 9.59 Å². The normalized spacial score (nSPS) is 21.4. The van der Waals surface area contributed by atoms with Gasteiger partial charge in [0.15, 0.2) is 0 Å². The predicted molar refractivity (Wildman–Crippen MR) is 131 cm³/mol. The number of likely N-dealkylation sites (tertiary alicyclic amines) is 1. The van der Waals surface area contributed by atoms with Crippen molar-refractivity contribution < 1.29 is 28.5 Å². The van der Waals surface area contributed by atoms with Crippen molar-refractivity contribution in [3.05, 3.63) is 55.4 Å². The maximum Gasteiger partial charge on any atom is 0.326 e. The molecule has 0 radical (unpaired) electrons. The van der Waals surface area contributed by atoms with E-state index in [-0.39, 0.29) is 62.1 Å². The topological polar surface area (TPSA) is 129 Å². The molecule has 3 unspecified atom stereocenters. The van der Waals surface area contributed by atoms with Gasteiger partial charge < -0.3 is 28.7 Å². The zero-order valence-corrected chi connectivity index (χ0v) is 20.7. The molecule has 0 N–H and O–H groups in total. The number of morpholine rings is 1. The zero-order chi connectivity index (χ0) is 26.2. The standard InChI is InChI=1S/C25H30N6O6/c1-4-10-35-23-27-24(36-11-5-2)29-25(28-23)37-16-18-15-31(9-12-34-18)22(33)19-13-20(32)30(3)21(19)17-7-6-8-26-14-17/h4-8,14,18-19,21H,1-2,9-13,15-16H2,3H3. The van der Waals surface area contributed by atoms with Gasteiger partial charge in [-0.15, -0.1) is 15.0 Å². The predicted octanol–water partition coefficient (Wildman–Crippen LogP) is 1.22. The summed E-state index contributed by atoms with van der Waals surface area (Å²) < 4.78 is 22.4. The Hall–Kier alpha value is -4.06. The SMILES string of the molecule is C=CCOc1nc(OCC=C)nc(OCC2CN(C(=O)C3CC(=O)N(C)C3c3cccnc3)CCO2)n1. The van der Waals surface area contributed by atoms with Crippen molar-refractivity contribution in [1.82, 2.24) is 29.7 Å². The second kappa shape index (κ2) is 12.3. The first-order valence-electron chi connectivity index (χ1n) is 11.9. The van der Waals surface area contributed by atoms with Crippen LogP contribution < -0.4 is 14.2 Å². The van der Waals surface area contributed by atoms with Gasteiger partial charge in [-0.05, 0) is 11.6 Å². The summed E-state index contributed by atoms with van der Waals surface area (Å²) in [5.41, 5.74) is 0.834. The minimum atomic E-state index is -0.501. The fraction of sp³-hybridized carbons (Fsp3) is 0.440. The van der Waals surface area contributed by atoms with Gasteiger partial charge in [-0.25, -0.2) is 0 Å². The lowest BCUT2D eigenvalue weighted by Crippen LogP contribution is -2.50. The average molecular weight is 511 g/mol. The number of carbonyl (C=O) groups is 2. The summed E-state index contributed by atoms with van der Waals surface area (Å²) >= 11 is 0. The molecule has 2 fully saturated rings. The van der Waals surface area contributed by atoms with E-state index in [0.29, 0.717) is 19.7 Å². The molecular formula is C25H30N6O6. The lowest BCUT2D eigenvalue weighted by molar-refractivity contribution is -0.145. The van der Waals surface area contributed by atoms with Crippen LogP contribution in [0.4, 0.5) is 0 Å². The molecule has 196 valence electrons. The van der Waals surface area contributed by atoms with Crippen LogP contribution in [0, 0.1) is 5.92 Å². The molecule has 3 atom stereocenters. The van der Waals surface area contributed by atoms with E-state index in [2.05, 4.69) is 33.1 Å². The average Bonchev–Trinajstić information content (AvgIpc) is 3.23. The summed E-state index contributed by atoms with van der Waals surface area (Å²) in [6.45, 7) is 8.76. The zero-order valence-electron chi connectivity index (χ0n) is 20.7. The Balaban J connectivity index is 1.41. The van der Waals surface area contributed by atoms with E-state index in [0.717, 1.165) is 5.56 Å². The van der Waals surface area contributed by atoms with Crippen LogP contribution in [0.1, 0.15) is 18.0 Å². The Labute approximate surface area is 214 Å². The van der Waals surface area contributed by atoms with Crippen molar-refractivity contribution in [3.63, 3.8) is 0 Å². The molecule has 12 nitrogen and oxygen atoms in total. The molecule has 0 aromatic carbocycles. The number of rotatable bonds is 11. The molecule has 2 aromatic heterocycles. The van der Waals surface area contributed by atoms with Crippen LogP contribution in [0.2, 0.25) is 0 Å². The van der Waals surface area contributed by atoms with E-state index < -0.39 is 12.0 Å². The fourth-order valence-corrected chi connectivity index (χ4v) is 4.30. The Bertz CT molecular complexity index is 1090. The fourth-order valence-electron chi connectivity index (χ4n) is 4.30. The van der Waals surface area contributed by atoms with Crippen LogP contribution in [0.5, 0.6) is 18.0 Å². The van der Waals surface area contributed by atoms with E-state index >= 15 is 0 Å². The van der Waals surface area contributed by atoms with E-state index in [1.165, 1.54) is 0 Å². The van der Waals surface area contributed by atoms with Crippen molar-refractivity contribution in [3.8, 4) is 18.0 Å². The summed E-state index contributed by atoms with van der Waals surface area (Å²) in [5.74, 6) is -0.668. The monoisotopic (exact) mass is 510 g/mol. The largest absolute Gasteiger partial charge is 0.460 e. The molecule has 0 spiro atoms. The molecule has 2 aromatic rings. The first-order chi connectivity index (χ1) is 18.0. The maximum absolute atomic E-state index is 13.5. The third-order valence-corrected chi connectivity index (χ3v) is 6.01. The molecular weight excluding hydrogens is 480 g/mol. The molecule has 2 aliphatic heterocycles. The van der Waals surface area contributed by atoms with Gasteiger partial charge in [0.1, 0.15) is 25.9 Å². The van der Waals surface area contributed by atoms with Crippen LogP contribution in [0.15, 0.2) is 49.8 Å². The van der Waals surface area contributed by atoms with Gasteiger partial charge in [0, 0.05) is 32.4 Å². The number of hydrogen-bond donors (Lipinski definition) is 0. The van der Waals surface area contributed by atoms with Crippen LogP contribution in [0.25, 0.3) is 0 Å². The molecule has 2 aliphatic rings. The number of aromatic nitrogens is 4. The van der Waals surface area contributed by atoms with Crippen molar-refractivity contribution in [1.29, 1.82) is 0 Å². The van der Waals surface area contributed by atoms with Gasteiger partial charge in [0.05, 0.1) is 25.1 Å². The van der Waals surface area contributed by atoms with E-state index in [1.807, 2.05) is 6.07 Å². The second-order valence-corrected chi connectivity index (χ2v) is 8.52. The Morgan fingerprint density at radius 3 is 2.43 bits per heavy atom. The molecule has 2 amide bonds. The minimum Gasteiger partial charge on any atom is -0.460 e. The highest BCUT2D eigenvalue weighted by molar-refractivity contribution is 5.90. The van der Waals surface area contributed by atoms with Crippen molar-refractivity contribution in [2.75, 3.05) is 46.6 Å². The number of carbonyl (C=O) groups excluding carboxylic acids is 2. The molecule has 0 aliphatic carbocycles. The summed E-state index contributed by atoms with van der Waals surface area (Å²) in [6, 6.07) is 3.39. The number of ether oxygens (including phenoxy) is 4. The Morgan fingerprint density at radius 2 is 1.81 bits per heavy atom. The second-order valence-electron chi connectivity index (χ2n) is 8.52. The lowest BCUT2D eigenvalue weighted by atomic mass is 9.93. The van der Waals surface area contributed by atoms with Crippen molar-refractivity contribution in [2.45, 2.75) is 18.6 Å². The van der Waals surface area contributed by atoms with Crippen LogP contribution in [-0.4, -0.2) is 94.2 Å². The Kier molecular flexibility index (Phi) is 8.62. The summed E-state index contributed by atoms with van der Waals surface area (Å²) in [7, 11) is 1.72. The summed E-state index contributed by atoms with van der Waals surface area (Å²) in [4.78, 5) is 45.9. The highest BCUT2D eigenvalue weighted by Crippen LogP contribution is 2.38. The number of amides is 2. The summed E-state index contributed by atoms with van der Waals surface area (Å²) in [6.07, 6.45) is 6.22. The van der Waals surface area contributed by atoms with Crippen molar-refractivity contribution in [2.24, 2.45) is 5.92 Å². The van der Waals surface area contributed by atoms with Gasteiger partial charge in [-0.1, -0.05) is 31.4 Å². The highest BCUT2D eigenvalue weighted by atomic mass is 16.6. The van der Waals surface area contributed by atoms with Gasteiger partial charge >= 0.3 is 18.0 Å². The third-order valence-electron chi connectivity index (χ3n) is 6.01.